The number of rotatable bonds is 4. The van der Waals surface area contributed by atoms with Crippen LogP contribution in [0.1, 0.15) is 31.9 Å². The smallest absolute Gasteiger partial charge is 0.408 e. The topological polar surface area (TPSA) is 109 Å². The number of alkyl carbamates (subject to hydrolysis) is 1. The monoisotopic (exact) mass is 320 g/mol. The Morgan fingerprint density at radius 3 is 2.57 bits per heavy atom. The van der Waals surface area contributed by atoms with Gasteiger partial charge in [-0.1, -0.05) is 6.07 Å². The van der Waals surface area contributed by atoms with E-state index in [0.29, 0.717) is 5.56 Å². The maximum Gasteiger partial charge on any atom is 0.408 e. The summed E-state index contributed by atoms with van der Waals surface area (Å²) in [4.78, 5) is 23.7. The van der Waals surface area contributed by atoms with Gasteiger partial charge in [-0.3, -0.25) is 0 Å². The first-order valence-corrected chi connectivity index (χ1v) is 6.95. The van der Waals surface area contributed by atoms with E-state index in [4.69, 9.17) is 10.00 Å². The number of phenolic OH excluding ortho intramolecular Hbond substituents is 1. The standard InChI is InChI=1S/C16H20N2O5/c1-16(2,3)23-15(21)18-13(14(20)22-4)8-10-5-6-12(19)7-11(10)9-17/h5-7,13,19H,8H2,1-4H3,(H,18,21)/t13-/m0/s1. The summed E-state index contributed by atoms with van der Waals surface area (Å²) in [6.45, 7) is 5.11. The third-order valence-corrected chi connectivity index (χ3v) is 2.81. The fourth-order valence-corrected chi connectivity index (χ4v) is 1.85. The van der Waals surface area contributed by atoms with Crippen LogP contribution in [0.3, 0.4) is 0 Å². The highest BCUT2D eigenvalue weighted by Gasteiger charge is 2.26. The van der Waals surface area contributed by atoms with Gasteiger partial charge >= 0.3 is 12.1 Å². The Labute approximate surface area is 134 Å². The second-order valence-corrected chi connectivity index (χ2v) is 5.88. The molecule has 0 bridgehead atoms. The molecule has 0 aliphatic rings. The minimum atomic E-state index is -1.01. The van der Waals surface area contributed by atoms with Gasteiger partial charge in [0.05, 0.1) is 18.7 Å². The highest BCUT2D eigenvalue weighted by atomic mass is 16.6. The first kappa shape index (κ1) is 18.3. The van der Waals surface area contributed by atoms with E-state index in [-0.39, 0.29) is 17.7 Å². The predicted molar refractivity (Wildman–Crippen MR) is 81.7 cm³/mol. The number of nitrogens with one attached hydrogen (secondary N) is 1. The molecule has 23 heavy (non-hydrogen) atoms. The van der Waals surface area contributed by atoms with Crippen LogP contribution in [0.25, 0.3) is 0 Å². The van der Waals surface area contributed by atoms with Crippen molar-refractivity contribution in [1.29, 1.82) is 5.26 Å². The summed E-state index contributed by atoms with van der Waals surface area (Å²) in [7, 11) is 1.20. The number of hydrogen-bond acceptors (Lipinski definition) is 6. The summed E-state index contributed by atoms with van der Waals surface area (Å²) < 4.78 is 9.78. The van der Waals surface area contributed by atoms with Crippen LogP contribution in [0.2, 0.25) is 0 Å². The highest BCUT2D eigenvalue weighted by molar-refractivity contribution is 5.81. The first-order chi connectivity index (χ1) is 10.7. The van der Waals surface area contributed by atoms with Gasteiger partial charge in [0.25, 0.3) is 0 Å². The summed E-state index contributed by atoms with van der Waals surface area (Å²) in [6.07, 6.45) is -0.722. The molecule has 1 aromatic carbocycles. The zero-order valence-corrected chi connectivity index (χ0v) is 13.5. The van der Waals surface area contributed by atoms with Crippen molar-refractivity contribution in [1.82, 2.24) is 5.32 Å². The maximum absolute atomic E-state index is 11.9. The number of nitriles is 1. The van der Waals surface area contributed by atoms with E-state index in [2.05, 4.69) is 10.1 Å². The molecular formula is C16H20N2O5. The Bertz CT molecular complexity index is 628. The van der Waals surface area contributed by atoms with Crippen molar-refractivity contribution >= 4 is 12.1 Å². The Kier molecular flexibility index (Phi) is 5.96. The van der Waals surface area contributed by atoms with E-state index in [0.717, 1.165) is 0 Å². The number of ether oxygens (including phenoxy) is 2. The minimum absolute atomic E-state index is 0.0368. The Morgan fingerprint density at radius 1 is 1.39 bits per heavy atom. The van der Waals surface area contributed by atoms with E-state index in [1.807, 2.05) is 6.07 Å². The van der Waals surface area contributed by atoms with Crippen molar-refractivity contribution in [3.8, 4) is 11.8 Å². The van der Waals surface area contributed by atoms with Crippen LogP contribution in [0, 0.1) is 11.3 Å². The normalized spacial score (nSPS) is 12.0. The van der Waals surface area contributed by atoms with E-state index < -0.39 is 23.7 Å². The number of phenols is 1. The van der Waals surface area contributed by atoms with Gasteiger partial charge in [0.2, 0.25) is 0 Å². The third kappa shape index (κ3) is 5.87. The van der Waals surface area contributed by atoms with Gasteiger partial charge in [-0.2, -0.15) is 5.26 Å². The second-order valence-electron chi connectivity index (χ2n) is 5.88. The number of esters is 1. The Balaban J connectivity index is 2.94. The molecule has 0 aliphatic heterocycles. The molecule has 0 aromatic heterocycles. The molecule has 1 amide bonds. The third-order valence-electron chi connectivity index (χ3n) is 2.81. The van der Waals surface area contributed by atoms with Crippen molar-refractivity contribution in [2.75, 3.05) is 7.11 Å². The second kappa shape index (κ2) is 7.49. The van der Waals surface area contributed by atoms with Crippen LogP contribution in [0.5, 0.6) is 5.75 Å². The lowest BCUT2D eigenvalue weighted by Gasteiger charge is -2.22. The number of nitrogens with zero attached hydrogens (tertiary/aromatic N) is 1. The lowest BCUT2D eigenvalue weighted by Crippen LogP contribution is -2.45. The van der Waals surface area contributed by atoms with Crippen molar-refractivity contribution in [2.24, 2.45) is 0 Å². The molecule has 0 heterocycles. The van der Waals surface area contributed by atoms with E-state index in [1.54, 1.807) is 20.8 Å². The molecule has 7 nitrogen and oxygen atoms in total. The molecule has 1 aromatic rings. The van der Waals surface area contributed by atoms with Crippen molar-refractivity contribution in [3.05, 3.63) is 29.3 Å². The quantitative estimate of drug-likeness (QED) is 0.820. The molecule has 0 radical (unpaired) electrons. The fourth-order valence-electron chi connectivity index (χ4n) is 1.85. The molecular weight excluding hydrogens is 300 g/mol. The number of hydrogen-bond donors (Lipinski definition) is 2. The van der Waals surface area contributed by atoms with Crippen molar-refractivity contribution in [3.63, 3.8) is 0 Å². The van der Waals surface area contributed by atoms with Crippen molar-refractivity contribution in [2.45, 2.75) is 38.8 Å². The molecule has 0 aliphatic carbocycles. The molecule has 7 heteroatoms. The summed E-state index contributed by atoms with van der Waals surface area (Å²) in [5.74, 6) is -0.715. The number of methoxy groups -OCH3 is 1. The van der Waals surface area contributed by atoms with Gasteiger partial charge in [-0.25, -0.2) is 9.59 Å². The first-order valence-electron chi connectivity index (χ1n) is 6.95. The summed E-state index contributed by atoms with van der Waals surface area (Å²) in [5, 5.41) is 20.9. The SMILES string of the molecule is COC(=O)[C@H](Cc1ccc(O)cc1C#N)NC(=O)OC(C)(C)C. The summed E-state index contributed by atoms with van der Waals surface area (Å²) in [5.41, 5.74) is 0.00262. The number of amides is 1. The zero-order chi connectivity index (χ0) is 17.6. The predicted octanol–water partition coefficient (Wildman–Crippen LogP) is 1.87. The van der Waals surface area contributed by atoms with Gasteiger partial charge in [0.1, 0.15) is 17.4 Å². The van der Waals surface area contributed by atoms with Crippen LogP contribution in [-0.2, 0) is 20.7 Å². The minimum Gasteiger partial charge on any atom is -0.508 e. The Morgan fingerprint density at radius 2 is 2.04 bits per heavy atom. The van der Waals surface area contributed by atoms with Crippen LogP contribution in [0.15, 0.2) is 18.2 Å². The van der Waals surface area contributed by atoms with Crippen LogP contribution >= 0.6 is 0 Å². The average molecular weight is 320 g/mol. The number of benzene rings is 1. The molecule has 0 spiro atoms. The molecule has 0 saturated heterocycles. The van der Waals surface area contributed by atoms with Crippen LogP contribution in [-0.4, -0.2) is 35.9 Å². The molecule has 1 rings (SSSR count). The van der Waals surface area contributed by atoms with Crippen molar-refractivity contribution < 1.29 is 24.2 Å². The molecule has 0 fully saturated rings. The fraction of sp³-hybridized carbons (Fsp3) is 0.438. The van der Waals surface area contributed by atoms with Gasteiger partial charge in [-0.05, 0) is 38.5 Å². The van der Waals surface area contributed by atoms with E-state index >= 15 is 0 Å². The lowest BCUT2D eigenvalue weighted by atomic mass is 10.0. The summed E-state index contributed by atoms with van der Waals surface area (Å²) >= 11 is 0. The number of carbonyl (C=O) groups excluding carboxylic acids is 2. The molecule has 0 unspecified atom stereocenters. The van der Waals surface area contributed by atoms with Gasteiger partial charge in [0.15, 0.2) is 0 Å². The van der Waals surface area contributed by atoms with E-state index in [9.17, 15) is 14.7 Å². The average Bonchev–Trinajstić information content (AvgIpc) is 2.45. The largest absolute Gasteiger partial charge is 0.508 e. The number of carbonyl (C=O) groups is 2. The Hall–Kier alpha value is -2.75. The van der Waals surface area contributed by atoms with Gasteiger partial charge in [0, 0.05) is 6.42 Å². The zero-order valence-electron chi connectivity index (χ0n) is 13.5. The van der Waals surface area contributed by atoms with E-state index in [1.165, 1.54) is 25.3 Å². The number of aromatic hydroxyl groups is 1. The lowest BCUT2D eigenvalue weighted by molar-refractivity contribution is -0.143. The van der Waals surface area contributed by atoms with Gasteiger partial charge in [-0.15, -0.1) is 0 Å². The van der Waals surface area contributed by atoms with Crippen LogP contribution in [0.4, 0.5) is 4.79 Å². The molecule has 0 saturated carbocycles. The molecule has 1 atom stereocenters. The molecule has 124 valence electrons. The maximum atomic E-state index is 11.9. The highest BCUT2D eigenvalue weighted by Crippen LogP contribution is 2.18. The summed E-state index contributed by atoms with van der Waals surface area (Å²) in [6, 6.07) is 5.13. The molecule has 2 N–H and O–H groups in total. The van der Waals surface area contributed by atoms with Crippen LogP contribution < -0.4 is 5.32 Å². The van der Waals surface area contributed by atoms with Gasteiger partial charge < -0.3 is 19.9 Å².